The van der Waals surface area contributed by atoms with Gasteiger partial charge in [0, 0.05) is 6.54 Å². The van der Waals surface area contributed by atoms with Gasteiger partial charge in [0.1, 0.15) is 17.4 Å². The predicted molar refractivity (Wildman–Crippen MR) is 76.8 cm³/mol. The Balaban J connectivity index is 2.97. The number of ether oxygens (including phenoxy) is 2. The number of piperidine rings is 1. The van der Waals surface area contributed by atoms with Gasteiger partial charge in [-0.3, -0.25) is 19.2 Å². The van der Waals surface area contributed by atoms with E-state index in [1.165, 1.54) is 0 Å². The second-order valence-electron chi connectivity index (χ2n) is 6.38. The molecule has 1 heterocycles. The maximum absolute atomic E-state index is 12.4. The van der Waals surface area contributed by atoms with Crippen molar-refractivity contribution >= 4 is 23.6 Å². The van der Waals surface area contributed by atoms with Gasteiger partial charge in [0.2, 0.25) is 5.91 Å². The van der Waals surface area contributed by atoms with Crippen LogP contribution in [0.15, 0.2) is 0 Å². The fraction of sp³-hybridized carbons (Fsp3) is 0.733. The molecule has 0 aromatic heterocycles. The van der Waals surface area contributed by atoms with Crippen LogP contribution in [0.25, 0.3) is 0 Å². The molecule has 1 rings (SSSR count). The topological polar surface area (TPSA) is 98.8 Å². The molecular weight excluding hydrogens is 290 g/mol. The molecule has 0 aromatic rings. The molecule has 0 aromatic carbocycles. The molecule has 1 saturated heterocycles. The molecule has 1 N–H and O–H groups in total. The third-order valence-electron chi connectivity index (χ3n) is 3.43. The highest BCUT2D eigenvalue weighted by atomic mass is 16.6. The summed E-state index contributed by atoms with van der Waals surface area (Å²) in [5.74, 6) is -2.50. The van der Waals surface area contributed by atoms with Crippen molar-refractivity contribution in [1.82, 2.24) is 5.32 Å². The normalized spacial score (nSPS) is 21.7. The summed E-state index contributed by atoms with van der Waals surface area (Å²) in [7, 11) is 1.16. The summed E-state index contributed by atoms with van der Waals surface area (Å²) in [5, 5.41) is 2.59. The smallest absolute Gasteiger partial charge is 0.313 e. The van der Waals surface area contributed by atoms with Gasteiger partial charge in [-0.1, -0.05) is 0 Å². The zero-order chi connectivity index (χ0) is 17.0. The molecule has 7 nitrogen and oxygen atoms in total. The highest BCUT2D eigenvalue weighted by molar-refractivity contribution is 6.13. The van der Waals surface area contributed by atoms with Gasteiger partial charge < -0.3 is 14.8 Å². The number of Topliss-reactive ketones (excluding diaryl/α,β-unsaturated/α-hetero) is 1. The summed E-state index contributed by atoms with van der Waals surface area (Å²) in [6.45, 7) is 5.55. The second kappa shape index (κ2) is 6.89. The van der Waals surface area contributed by atoms with Crippen LogP contribution in [0, 0.1) is 5.41 Å². The first-order valence-electron chi connectivity index (χ1n) is 7.21. The van der Waals surface area contributed by atoms with Crippen molar-refractivity contribution in [1.29, 1.82) is 0 Å². The number of nitrogens with one attached hydrogen (secondary N) is 1. The van der Waals surface area contributed by atoms with Crippen molar-refractivity contribution < 1.29 is 28.7 Å². The summed E-state index contributed by atoms with van der Waals surface area (Å²) >= 11 is 0. The summed E-state index contributed by atoms with van der Waals surface area (Å²) < 4.78 is 9.68. The van der Waals surface area contributed by atoms with Crippen LogP contribution in [0.2, 0.25) is 0 Å². The van der Waals surface area contributed by atoms with Crippen molar-refractivity contribution in [2.45, 2.75) is 52.1 Å². The number of hydrogen-bond donors (Lipinski definition) is 1. The minimum atomic E-state index is -1.55. The van der Waals surface area contributed by atoms with Crippen LogP contribution >= 0.6 is 0 Å². The molecule has 1 aliphatic heterocycles. The average molecular weight is 313 g/mol. The Morgan fingerprint density at radius 1 is 1.23 bits per heavy atom. The minimum absolute atomic E-state index is 0.216. The van der Waals surface area contributed by atoms with E-state index in [1.807, 2.05) is 0 Å². The molecule has 1 atom stereocenters. The molecule has 7 heteroatoms. The van der Waals surface area contributed by atoms with Gasteiger partial charge >= 0.3 is 11.9 Å². The van der Waals surface area contributed by atoms with Crippen LogP contribution in [0.5, 0.6) is 0 Å². The van der Waals surface area contributed by atoms with E-state index < -0.39 is 41.1 Å². The molecule has 0 saturated carbocycles. The molecule has 0 bridgehead atoms. The van der Waals surface area contributed by atoms with Crippen LogP contribution in [0.1, 0.15) is 46.5 Å². The maximum atomic E-state index is 12.4. The fourth-order valence-corrected chi connectivity index (χ4v) is 2.40. The monoisotopic (exact) mass is 313 g/mol. The third kappa shape index (κ3) is 4.54. The zero-order valence-corrected chi connectivity index (χ0v) is 13.5. The van der Waals surface area contributed by atoms with E-state index in [0.717, 1.165) is 7.11 Å². The third-order valence-corrected chi connectivity index (χ3v) is 3.43. The second-order valence-corrected chi connectivity index (χ2v) is 6.38. The van der Waals surface area contributed by atoms with Crippen molar-refractivity contribution in [3.05, 3.63) is 0 Å². The van der Waals surface area contributed by atoms with Gasteiger partial charge in [0.15, 0.2) is 5.78 Å². The molecule has 22 heavy (non-hydrogen) atoms. The van der Waals surface area contributed by atoms with Gasteiger partial charge in [-0.2, -0.15) is 0 Å². The molecule has 0 spiro atoms. The lowest BCUT2D eigenvalue weighted by molar-refractivity contribution is -0.165. The number of methoxy groups -OCH3 is 1. The maximum Gasteiger partial charge on any atom is 0.313 e. The summed E-state index contributed by atoms with van der Waals surface area (Å²) in [4.78, 5) is 48.1. The Kier molecular flexibility index (Phi) is 5.68. The van der Waals surface area contributed by atoms with E-state index in [1.54, 1.807) is 20.8 Å². The van der Waals surface area contributed by atoms with Crippen molar-refractivity contribution in [2.24, 2.45) is 5.41 Å². The summed E-state index contributed by atoms with van der Waals surface area (Å²) in [6, 6.07) is 0. The van der Waals surface area contributed by atoms with Crippen LogP contribution in [-0.2, 0) is 28.7 Å². The number of ketones is 1. The lowest BCUT2D eigenvalue weighted by Gasteiger charge is -2.34. The molecule has 1 unspecified atom stereocenters. The molecule has 1 aliphatic rings. The van der Waals surface area contributed by atoms with Gasteiger partial charge in [0.25, 0.3) is 0 Å². The van der Waals surface area contributed by atoms with Crippen LogP contribution in [0.4, 0.5) is 0 Å². The quantitative estimate of drug-likeness (QED) is 0.594. The summed E-state index contributed by atoms with van der Waals surface area (Å²) in [5.41, 5.74) is -2.26. The van der Waals surface area contributed by atoms with Crippen molar-refractivity contribution in [2.75, 3.05) is 13.7 Å². The van der Waals surface area contributed by atoms with E-state index in [2.05, 4.69) is 10.1 Å². The summed E-state index contributed by atoms with van der Waals surface area (Å²) in [6.07, 6.45) is -0.131. The van der Waals surface area contributed by atoms with E-state index in [4.69, 9.17) is 4.74 Å². The molecule has 0 radical (unpaired) electrons. The van der Waals surface area contributed by atoms with E-state index >= 15 is 0 Å². The first-order valence-corrected chi connectivity index (χ1v) is 7.21. The van der Waals surface area contributed by atoms with Gasteiger partial charge in [0.05, 0.1) is 13.5 Å². The standard InChI is InChI=1S/C15H23NO6/c1-14(2,3)22-12(19)9-15(6-5-7-16-13(15)20)10(17)8-11(18)21-4/h5-9H2,1-4H3,(H,16,20). The highest BCUT2D eigenvalue weighted by Crippen LogP contribution is 2.34. The number of rotatable bonds is 5. The largest absolute Gasteiger partial charge is 0.469 e. The molecule has 1 amide bonds. The zero-order valence-electron chi connectivity index (χ0n) is 13.5. The van der Waals surface area contributed by atoms with Crippen molar-refractivity contribution in [3.8, 4) is 0 Å². The van der Waals surface area contributed by atoms with Crippen molar-refractivity contribution in [3.63, 3.8) is 0 Å². The Morgan fingerprint density at radius 2 is 1.86 bits per heavy atom. The molecule has 1 fully saturated rings. The highest BCUT2D eigenvalue weighted by Gasteiger charge is 2.49. The lowest BCUT2D eigenvalue weighted by Crippen LogP contribution is -2.52. The molecule has 124 valence electrons. The van der Waals surface area contributed by atoms with E-state index in [9.17, 15) is 19.2 Å². The Bertz CT molecular complexity index is 479. The number of carbonyl (C=O) groups excluding carboxylic acids is 4. The Labute approximate surface area is 129 Å². The average Bonchev–Trinajstić information content (AvgIpc) is 2.39. The first-order chi connectivity index (χ1) is 10.1. The number of carbonyl (C=O) groups is 4. The number of esters is 2. The van der Waals surface area contributed by atoms with Gasteiger partial charge in [-0.25, -0.2) is 0 Å². The Morgan fingerprint density at radius 3 is 2.36 bits per heavy atom. The van der Waals surface area contributed by atoms with Crippen LogP contribution in [0.3, 0.4) is 0 Å². The number of hydrogen-bond acceptors (Lipinski definition) is 6. The Hall–Kier alpha value is -1.92. The van der Waals surface area contributed by atoms with Crippen LogP contribution in [-0.4, -0.2) is 42.9 Å². The minimum Gasteiger partial charge on any atom is -0.469 e. The fourth-order valence-electron chi connectivity index (χ4n) is 2.40. The number of amides is 1. The van der Waals surface area contributed by atoms with E-state index in [0.29, 0.717) is 13.0 Å². The van der Waals surface area contributed by atoms with Gasteiger partial charge in [-0.15, -0.1) is 0 Å². The van der Waals surface area contributed by atoms with Crippen LogP contribution < -0.4 is 5.32 Å². The first kappa shape index (κ1) is 18.1. The molecule has 0 aliphatic carbocycles. The van der Waals surface area contributed by atoms with E-state index in [-0.39, 0.29) is 12.8 Å². The lowest BCUT2D eigenvalue weighted by atomic mass is 9.72. The molecular formula is C15H23NO6. The predicted octanol–water partition coefficient (Wildman–Crippen LogP) is 0.747. The SMILES string of the molecule is COC(=O)CC(=O)C1(CC(=O)OC(C)(C)C)CCCNC1=O. The van der Waals surface area contributed by atoms with Gasteiger partial charge in [-0.05, 0) is 33.6 Å².